The summed E-state index contributed by atoms with van der Waals surface area (Å²) in [7, 11) is 8.68. The van der Waals surface area contributed by atoms with Crippen molar-refractivity contribution in [1.82, 2.24) is 44.4 Å². The number of hydrazine groups is 3. The predicted molar refractivity (Wildman–Crippen MR) is 416 cm³/mol. The summed E-state index contributed by atoms with van der Waals surface area (Å²) in [4.78, 5) is 59.1. The van der Waals surface area contributed by atoms with Crippen molar-refractivity contribution < 1.29 is 14.4 Å². The zero-order chi connectivity index (χ0) is 70.6. The zero-order valence-corrected chi connectivity index (χ0v) is 60.7. The molecule has 10 unspecified atom stereocenters. The minimum atomic E-state index is 0.282. The molecule has 14 aliphatic rings. The van der Waals surface area contributed by atoms with Crippen molar-refractivity contribution in [2.75, 3.05) is 83.7 Å². The lowest BCUT2D eigenvalue weighted by atomic mass is 9.77. The van der Waals surface area contributed by atoms with Gasteiger partial charge in [0.25, 0.3) is 0 Å². The third kappa shape index (κ3) is 16.5. The van der Waals surface area contributed by atoms with E-state index >= 15 is 0 Å². The fourth-order valence-electron chi connectivity index (χ4n) is 18.8. The third-order valence-corrected chi connectivity index (χ3v) is 24.2. The number of hydrogen-bond acceptors (Lipinski definition) is 15. The standard InChI is InChI=1S/3C14H16N2.3C8H13NO.3C6H8N2/c1-16-9-6-7-13(16)14-11(8-9)10-4-2-3-5-12(10)15-14;1-16-8-9-6-7-12(16)14-13(9)10-4-2-3-5-11(10)15-14;1-2-5-12-10(4-1)11-7-9-16-8-3-6-13(16)14(11)15-12;1-9-6-2-4-7(9)8(10)5-3-6;1-9-5-6-2-3-7(9)8(10)4-6;10-8-4-2-6-9-5-1-3-7(8)9;3*7-8-6-4-2-1-3-5-6/h2-5,9,13,15H,6-8H2,1H3;2-5,9,12,15H,6-8H2,1H3;1-2,4-5,13,15H,3,6-9H2;2*6-7H,2-5H2,1H3;7H,1-6H2;3*1-5,8H,7H2. The smallest absolute Gasteiger partial charge is 0.150 e. The van der Waals surface area contributed by atoms with E-state index in [0.29, 0.717) is 53.5 Å². The number of carbonyl (C=O) groups is 3. The van der Waals surface area contributed by atoms with E-state index in [4.69, 9.17) is 17.5 Å². The first-order chi connectivity index (χ1) is 49.9. The monoisotopic (exact) mass is 1380 g/mol. The Morgan fingerprint density at radius 3 is 1.38 bits per heavy atom. The van der Waals surface area contributed by atoms with E-state index in [1.54, 1.807) is 16.7 Å². The Bertz CT molecular complexity index is 4060. The van der Waals surface area contributed by atoms with Crippen molar-refractivity contribution in [1.29, 1.82) is 0 Å². The highest BCUT2D eigenvalue weighted by atomic mass is 16.1. The van der Waals surface area contributed by atoms with E-state index in [9.17, 15) is 14.4 Å². The topological polar surface area (TPSA) is 232 Å². The molecule has 10 fully saturated rings. The number of hydrogen-bond donors (Lipinski definition) is 9. The number of rotatable bonds is 3. The molecular formula is C84H111N15O3. The van der Waals surface area contributed by atoms with Gasteiger partial charge in [0, 0.05) is 124 Å². The number of Topliss-reactive ketones (excluding diaryl/α,β-unsaturated/α-hetero) is 3. The van der Waals surface area contributed by atoms with E-state index < -0.39 is 0 Å². The maximum atomic E-state index is 11.2. The molecule has 0 amide bonds. The van der Waals surface area contributed by atoms with Crippen LogP contribution in [0.5, 0.6) is 0 Å². The number of para-hydroxylation sites is 6. The largest absolute Gasteiger partial charge is 0.357 e. The highest BCUT2D eigenvalue weighted by molar-refractivity contribution is 5.89. The highest BCUT2D eigenvalue weighted by Crippen LogP contribution is 2.49. The number of nitrogens with one attached hydrogen (secondary N) is 6. The summed E-state index contributed by atoms with van der Waals surface area (Å²) in [6.45, 7) is 7.25. The molecule has 9 saturated heterocycles. The van der Waals surface area contributed by atoms with Crippen LogP contribution in [0.15, 0.2) is 164 Å². The van der Waals surface area contributed by atoms with Gasteiger partial charge in [0.2, 0.25) is 0 Å². The van der Waals surface area contributed by atoms with Crippen molar-refractivity contribution in [2.24, 2.45) is 23.4 Å². The molecule has 0 radical (unpaired) electrons. The van der Waals surface area contributed by atoms with Crippen molar-refractivity contribution in [3.63, 3.8) is 0 Å². The van der Waals surface area contributed by atoms with Crippen molar-refractivity contribution in [2.45, 2.75) is 176 Å². The number of ketones is 3. The van der Waals surface area contributed by atoms with Crippen LogP contribution in [0, 0.1) is 5.92 Å². The Morgan fingerprint density at radius 2 is 0.833 bits per heavy atom. The van der Waals surface area contributed by atoms with Gasteiger partial charge in [0.05, 0.1) is 30.2 Å². The van der Waals surface area contributed by atoms with Crippen LogP contribution in [0.4, 0.5) is 17.1 Å². The van der Waals surface area contributed by atoms with E-state index in [2.05, 4.69) is 162 Å². The lowest BCUT2D eigenvalue weighted by Crippen LogP contribution is -2.51. The first-order valence-corrected chi connectivity index (χ1v) is 38.1. The van der Waals surface area contributed by atoms with E-state index in [1.165, 1.54) is 140 Å². The number of likely N-dealkylation sites (N-methyl/N-ethyl adjacent to an activating group) is 4. The number of nitrogens with two attached hydrogens (primary N) is 3. The second-order valence-corrected chi connectivity index (χ2v) is 30.2. The quantitative estimate of drug-likeness (QED) is 0.0591. The zero-order valence-electron chi connectivity index (χ0n) is 60.7. The van der Waals surface area contributed by atoms with Gasteiger partial charge < -0.3 is 31.2 Å². The minimum Gasteiger partial charge on any atom is -0.357 e. The predicted octanol–water partition coefficient (Wildman–Crippen LogP) is 14.0. The maximum absolute atomic E-state index is 11.2. The van der Waals surface area contributed by atoms with E-state index in [0.717, 1.165) is 106 Å². The molecule has 15 heterocycles. The highest BCUT2D eigenvalue weighted by Gasteiger charge is 2.42. The van der Waals surface area contributed by atoms with Gasteiger partial charge in [-0.3, -0.25) is 61.3 Å². The average molecular weight is 1380 g/mol. The van der Waals surface area contributed by atoms with E-state index in [1.807, 2.05) is 91.0 Å². The number of H-pyrrole nitrogens is 3. The first-order valence-electron chi connectivity index (χ1n) is 38.1. The van der Waals surface area contributed by atoms with Gasteiger partial charge in [-0.15, -0.1) is 0 Å². The van der Waals surface area contributed by atoms with Gasteiger partial charge in [0.15, 0.2) is 0 Å². The molecule has 12 N–H and O–H groups in total. The second kappa shape index (κ2) is 34.1. The van der Waals surface area contributed by atoms with Crippen molar-refractivity contribution in [3.05, 3.63) is 198 Å². The normalized spacial score (nSPS) is 26.2. The molecule has 2 aliphatic carbocycles. The summed E-state index contributed by atoms with van der Waals surface area (Å²) < 4.78 is 0. The van der Waals surface area contributed by atoms with Crippen LogP contribution in [0.1, 0.15) is 167 Å². The number of fused-ring (bicyclic) bond motifs is 20. The molecule has 102 heavy (non-hydrogen) atoms. The molecule has 1 saturated carbocycles. The number of carbonyl (C=O) groups excluding carboxylic acids is 3. The molecule has 9 aromatic rings. The molecule has 18 nitrogen and oxygen atoms in total. The van der Waals surface area contributed by atoms with Crippen LogP contribution < -0.4 is 33.8 Å². The molecule has 0 spiro atoms. The van der Waals surface area contributed by atoms with Crippen LogP contribution in [0.25, 0.3) is 32.7 Å². The van der Waals surface area contributed by atoms with Gasteiger partial charge in [-0.2, -0.15) is 0 Å². The Kier molecular flexibility index (Phi) is 24.2. The van der Waals surface area contributed by atoms with Crippen LogP contribution in [0.3, 0.4) is 0 Å². The number of anilines is 3. The molecule has 3 aromatic heterocycles. The molecule has 23 rings (SSSR count). The fraction of sp³-hybridized carbons (Fsp3) is 0.464. The minimum absolute atomic E-state index is 0.282. The summed E-state index contributed by atoms with van der Waals surface area (Å²) in [6.07, 6.45) is 22.3. The summed E-state index contributed by atoms with van der Waals surface area (Å²) in [6, 6.07) is 59.4. The first kappa shape index (κ1) is 72.3. The van der Waals surface area contributed by atoms with Gasteiger partial charge in [-0.25, -0.2) is 0 Å². The summed E-state index contributed by atoms with van der Waals surface area (Å²) in [5, 5.41) is 4.35. The average Bonchev–Trinajstić information content (AvgIpc) is 1.58. The summed E-state index contributed by atoms with van der Waals surface area (Å²) in [5.74, 6) is 18.2. The molecule has 540 valence electrons. The number of nitrogens with zero attached hydrogens (tertiary/aromatic N) is 6. The second-order valence-electron chi connectivity index (χ2n) is 30.2. The van der Waals surface area contributed by atoms with Crippen molar-refractivity contribution >= 4 is 67.1 Å². The molecular weight excluding hydrogens is 1270 g/mol. The third-order valence-electron chi connectivity index (χ3n) is 24.2. The van der Waals surface area contributed by atoms with Crippen LogP contribution in [-0.2, 0) is 27.2 Å². The molecule has 10 atom stereocenters. The summed E-state index contributed by atoms with van der Waals surface area (Å²) >= 11 is 0. The number of piperidine rings is 5. The lowest BCUT2D eigenvalue weighted by Gasteiger charge is -2.43. The molecule has 6 aromatic carbocycles. The van der Waals surface area contributed by atoms with E-state index in [-0.39, 0.29) is 6.04 Å². The number of nitrogen functional groups attached to an aromatic ring is 3. The lowest BCUT2D eigenvalue weighted by molar-refractivity contribution is -0.132. The van der Waals surface area contributed by atoms with Gasteiger partial charge in [-0.1, -0.05) is 109 Å². The number of benzene rings is 6. The van der Waals surface area contributed by atoms with Gasteiger partial charge in [-0.05, 0) is 234 Å². The van der Waals surface area contributed by atoms with Gasteiger partial charge >= 0.3 is 0 Å². The Hall–Kier alpha value is -8.01. The maximum Gasteiger partial charge on any atom is 0.150 e. The molecule has 12 aliphatic heterocycles. The number of aromatic nitrogens is 3. The van der Waals surface area contributed by atoms with Crippen LogP contribution in [-0.4, -0.2) is 159 Å². The van der Waals surface area contributed by atoms with Crippen LogP contribution in [0.2, 0.25) is 0 Å². The Balaban J connectivity index is 0.000000104. The summed E-state index contributed by atoms with van der Waals surface area (Å²) in [5.41, 5.74) is 23.6. The van der Waals surface area contributed by atoms with Crippen LogP contribution >= 0.6 is 0 Å². The van der Waals surface area contributed by atoms with Gasteiger partial charge in [0.1, 0.15) is 17.3 Å². The Morgan fingerprint density at radius 1 is 0.363 bits per heavy atom. The fourth-order valence-corrected chi connectivity index (χ4v) is 18.8. The SMILES string of the molecule is CN1C2CCC(=O)C1CC2.CN1C2CCC1c1[nH]c3ccccc3c1C2.CN1CC2CCC1C(=O)C2.CN1CC2CCC1c1[nH]c3ccccc3c12.NNc1ccccc1.NNc1ccccc1.NNc1ccccc1.O=C1CCCN2CCCC12.c1ccc2c3c([nH]c2c1)C1CCCN1CC3. The number of aromatic amines is 3. The molecule has 18 heteroatoms. The van der Waals surface area contributed by atoms with Crippen molar-refractivity contribution in [3.8, 4) is 0 Å². The molecule has 8 bridgehead atoms. The Labute approximate surface area is 603 Å².